The number of carboxylic acids is 1. The minimum absolute atomic E-state index is 0.108. The molecule has 7 heteroatoms. The van der Waals surface area contributed by atoms with Gasteiger partial charge in [-0.25, -0.2) is 17.6 Å². The fraction of sp³-hybridized carbons (Fsp3) is 0.267. The number of hydrogen-bond acceptors (Lipinski definition) is 3. The van der Waals surface area contributed by atoms with Crippen molar-refractivity contribution in [1.82, 2.24) is 4.57 Å². The van der Waals surface area contributed by atoms with Crippen molar-refractivity contribution >= 4 is 15.8 Å². The molecule has 2 aromatic rings. The number of carbonyl (C=O) groups is 1. The van der Waals surface area contributed by atoms with Gasteiger partial charge in [0.2, 0.25) is 0 Å². The Morgan fingerprint density at radius 2 is 1.91 bits per heavy atom. The highest BCUT2D eigenvalue weighted by Crippen LogP contribution is 2.24. The summed E-state index contributed by atoms with van der Waals surface area (Å²) in [5.41, 5.74) is 1.66. The number of aryl methyl sites for hydroxylation is 1. The summed E-state index contributed by atoms with van der Waals surface area (Å²) in [4.78, 5) is 11.1. The molecule has 0 atom stereocenters. The first kappa shape index (κ1) is 16.2. The van der Waals surface area contributed by atoms with Gasteiger partial charge in [-0.05, 0) is 37.6 Å². The van der Waals surface area contributed by atoms with E-state index in [0.717, 1.165) is 12.3 Å². The van der Waals surface area contributed by atoms with Crippen molar-refractivity contribution in [3.05, 3.63) is 52.6 Å². The highest BCUT2D eigenvalue weighted by molar-refractivity contribution is 7.89. The second-order valence-electron chi connectivity index (χ2n) is 5.28. The zero-order chi connectivity index (χ0) is 16.7. The topological polar surface area (TPSA) is 76.4 Å². The average molecular weight is 325 g/mol. The lowest BCUT2D eigenvalue weighted by Crippen LogP contribution is -2.06. The number of rotatable bonds is 4. The summed E-state index contributed by atoms with van der Waals surface area (Å²) in [5, 5.41) is 9.12. The third-order valence-corrected chi connectivity index (χ3v) is 4.20. The first-order valence-electron chi connectivity index (χ1n) is 6.49. The van der Waals surface area contributed by atoms with Gasteiger partial charge in [-0.15, -0.1) is 0 Å². The predicted molar refractivity (Wildman–Crippen MR) is 80.7 cm³/mol. The SMILES string of the molecule is Cc1cc(C(=O)O)c(C)n1-c1ccc(CS(C)(=O)=O)cc1F. The molecular formula is C15H16FNO4S. The smallest absolute Gasteiger partial charge is 0.337 e. The molecule has 0 amide bonds. The molecule has 2 rings (SSSR count). The summed E-state index contributed by atoms with van der Waals surface area (Å²) in [5.74, 6) is -1.91. The maximum absolute atomic E-state index is 14.3. The van der Waals surface area contributed by atoms with Crippen LogP contribution in [-0.4, -0.2) is 30.3 Å². The summed E-state index contributed by atoms with van der Waals surface area (Å²) in [7, 11) is -3.25. The Bertz CT molecular complexity index is 853. The molecule has 0 aliphatic rings. The van der Waals surface area contributed by atoms with E-state index in [2.05, 4.69) is 0 Å². The molecule has 0 bridgehead atoms. The van der Waals surface area contributed by atoms with Crippen LogP contribution in [0, 0.1) is 19.7 Å². The molecule has 0 aliphatic heterocycles. The number of sulfone groups is 1. The first-order valence-corrected chi connectivity index (χ1v) is 8.55. The van der Waals surface area contributed by atoms with Crippen LogP contribution < -0.4 is 0 Å². The second kappa shape index (κ2) is 5.57. The molecule has 0 radical (unpaired) electrons. The van der Waals surface area contributed by atoms with Crippen LogP contribution in [0.3, 0.4) is 0 Å². The predicted octanol–water partition coefficient (Wildman–Crippen LogP) is 2.48. The van der Waals surface area contributed by atoms with Crippen LogP contribution in [-0.2, 0) is 15.6 Å². The monoisotopic (exact) mass is 325 g/mol. The van der Waals surface area contributed by atoms with Crippen LogP contribution in [0.5, 0.6) is 0 Å². The Kier molecular flexibility index (Phi) is 4.10. The summed E-state index contributed by atoms with van der Waals surface area (Å²) >= 11 is 0. The Morgan fingerprint density at radius 3 is 2.36 bits per heavy atom. The summed E-state index contributed by atoms with van der Waals surface area (Å²) in [6.07, 6.45) is 1.08. The number of aromatic nitrogens is 1. The van der Waals surface area contributed by atoms with E-state index in [-0.39, 0.29) is 17.0 Å². The van der Waals surface area contributed by atoms with Gasteiger partial charge in [0.1, 0.15) is 5.82 Å². The van der Waals surface area contributed by atoms with Crippen molar-refractivity contribution in [2.24, 2.45) is 0 Å². The Labute approximate surface area is 127 Å². The molecule has 0 aliphatic carbocycles. The quantitative estimate of drug-likeness (QED) is 0.937. The van der Waals surface area contributed by atoms with Crippen LogP contribution in [0.25, 0.3) is 5.69 Å². The number of hydrogen-bond donors (Lipinski definition) is 1. The summed E-state index contributed by atoms with van der Waals surface area (Å²) in [6.45, 7) is 3.28. The van der Waals surface area contributed by atoms with Crippen LogP contribution in [0.15, 0.2) is 24.3 Å². The summed E-state index contributed by atoms with van der Waals surface area (Å²) in [6, 6.07) is 5.62. The van der Waals surface area contributed by atoms with Crippen molar-refractivity contribution in [3.8, 4) is 5.69 Å². The Balaban J connectivity index is 2.53. The average Bonchev–Trinajstić information content (AvgIpc) is 2.64. The number of aromatic carboxylic acids is 1. The van der Waals surface area contributed by atoms with Crippen LogP contribution in [0.1, 0.15) is 27.3 Å². The molecule has 5 nitrogen and oxygen atoms in total. The van der Waals surface area contributed by atoms with E-state index in [1.807, 2.05) is 0 Å². The molecular weight excluding hydrogens is 309 g/mol. The molecule has 22 heavy (non-hydrogen) atoms. The van der Waals surface area contributed by atoms with Crippen molar-refractivity contribution < 1.29 is 22.7 Å². The lowest BCUT2D eigenvalue weighted by atomic mass is 10.2. The van der Waals surface area contributed by atoms with Gasteiger partial charge < -0.3 is 9.67 Å². The largest absolute Gasteiger partial charge is 0.478 e. The van der Waals surface area contributed by atoms with Gasteiger partial charge in [-0.2, -0.15) is 0 Å². The molecule has 1 aromatic carbocycles. The van der Waals surface area contributed by atoms with Gasteiger partial charge in [0.15, 0.2) is 9.84 Å². The maximum atomic E-state index is 14.3. The normalized spacial score (nSPS) is 11.6. The van der Waals surface area contributed by atoms with Gasteiger partial charge in [0.05, 0.1) is 17.0 Å². The zero-order valence-electron chi connectivity index (χ0n) is 12.4. The highest BCUT2D eigenvalue weighted by atomic mass is 32.2. The minimum Gasteiger partial charge on any atom is -0.478 e. The number of halogens is 1. The van der Waals surface area contributed by atoms with E-state index in [4.69, 9.17) is 5.11 Å². The lowest BCUT2D eigenvalue weighted by molar-refractivity contribution is 0.0696. The van der Waals surface area contributed by atoms with Gasteiger partial charge in [-0.1, -0.05) is 6.07 Å². The van der Waals surface area contributed by atoms with Crippen molar-refractivity contribution in [2.75, 3.05) is 6.26 Å². The summed E-state index contributed by atoms with van der Waals surface area (Å²) < 4.78 is 38.3. The molecule has 1 aromatic heterocycles. The van der Waals surface area contributed by atoms with E-state index >= 15 is 0 Å². The van der Waals surface area contributed by atoms with E-state index in [1.165, 1.54) is 22.8 Å². The zero-order valence-corrected chi connectivity index (χ0v) is 13.2. The van der Waals surface area contributed by atoms with E-state index < -0.39 is 21.6 Å². The third kappa shape index (κ3) is 3.19. The van der Waals surface area contributed by atoms with Crippen molar-refractivity contribution in [3.63, 3.8) is 0 Å². The standard InChI is InChI=1S/C15H16FNO4S/c1-9-6-12(15(18)19)10(2)17(9)14-5-4-11(7-13(14)16)8-22(3,20)21/h4-7H,8H2,1-3H3,(H,18,19). The minimum atomic E-state index is -3.25. The number of carboxylic acid groups (broad SMARTS) is 1. The maximum Gasteiger partial charge on any atom is 0.337 e. The van der Waals surface area contributed by atoms with Crippen LogP contribution >= 0.6 is 0 Å². The molecule has 118 valence electrons. The van der Waals surface area contributed by atoms with Crippen molar-refractivity contribution in [1.29, 1.82) is 0 Å². The van der Waals surface area contributed by atoms with Gasteiger partial charge in [-0.3, -0.25) is 0 Å². The number of nitrogens with zero attached hydrogens (tertiary/aromatic N) is 1. The second-order valence-corrected chi connectivity index (χ2v) is 7.42. The molecule has 0 saturated carbocycles. The Hall–Kier alpha value is -2.15. The molecule has 0 spiro atoms. The molecule has 1 heterocycles. The van der Waals surface area contributed by atoms with E-state index in [9.17, 15) is 17.6 Å². The molecule has 0 saturated heterocycles. The van der Waals surface area contributed by atoms with Crippen LogP contribution in [0.2, 0.25) is 0 Å². The van der Waals surface area contributed by atoms with E-state index in [0.29, 0.717) is 17.0 Å². The van der Waals surface area contributed by atoms with Gasteiger partial charge >= 0.3 is 5.97 Å². The fourth-order valence-electron chi connectivity index (χ4n) is 2.47. The van der Waals surface area contributed by atoms with Gasteiger partial charge in [0, 0.05) is 17.6 Å². The third-order valence-electron chi connectivity index (χ3n) is 3.34. The molecule has 1 N–H and O–H groups in total. The highest BCUT2D eigenvalue weighted by Gasteiger charge is 2.18. The van der Waals surface area contributed by atoms with Crippen molar-refractivity contribution in [2.45, 2.75) is 19.6 Å². The molecule has 0 unspecified atom stereocenters. The fourth-order valence-corrected chi connectivity index (χ4v) is 3.26. The first-order chi connectivity index (χ1) is 10.1. The van der Waals surface area contributed by atoms with Gasteiger partial charge in [0.25, 0.3) is 0 Å². The van der Waals surface area contributed by atoms with E-state index in [1.54, 1.807) is 13.8 Å². The number of benzene rings is 1. The Morgan fingerprint density at radius 1 is 1.27 bits per heavy atom. The lowest BCUT2D eigenvalue weighted by Gasteiger charge is -2.12. The van der Waals surface area contributed by atoms with Crippen LogP contribution in [0.4, 0.5) is 4.39 Å². The molecule has 0 fully saturated rings.